The van der Waals surface area contributed by atoms with Crippen molar-refractivity contribution in [1.82, 2.24) is 5.32 Å². The van der Waals surface area contributed by atoms with E-state index in [0.717, 1.165) is 0 Å². The topological polar surface area (TPSA) is 41.1 Å². The zero-order chi connectivity index (χ0) is 10.8. The minimum absolute atomic E-state index is 0.0210. The highest BCUT2D eigenvalue weighted by molar-refractivity contribution is 5.94. The third kappa shape index (κ3) is 1.99. The van der Waals surface area contributed by atoms with E-state index in [4.69, 9.17) is 0 Å². The first-order chi connectivity index (χ1) is 7.18. The summed E-state index contributed by atoms with van der Waals surface area (Å²) >= 11 is 0. The highest BCUT2D eigenvalue weighted by Crippen LogP contribution is 2.18. The van der Waals surface area contributed by atoms with Crippen LogP contribution in [-0.2, 0) is 4.79 Å². The molecule has 0 atom stereocenters. The van der Waals surface area contributed by atoms with Crippen LogP contribution in [0.4, 0.5) is 10.1 Å². The van der Waals surface area contributed by atoms with Gasteiger partial charge in [0.05, 0.1) is 5.92 Å². The van der Waals surface area contributed by atoms with Crippen LogP contribution in [0, 0.1) is 18.7 Å². The molecule has 80 valence electrons. The first-order valence-corrected chi connectivity index (χ1v) is 4.95. The third-order valence-electron chi connectivity index (χ3n) is 2.68. The maximum Gasteiger partial charge on any atom is 0.230 e. The van der Waals surface area contributed by atoms with E-state index in [1.807, 2.05) is 0 Å². The zero-order valence-electron chi connectivity index (χ0n) is 8.51. The van der Waals surface area contributed by atoms with E-state index in [1.165, 1.54) is 6.07 Å². The third-order valence-corrected chi connectivity index (χ3v) is 2.68. The van der Waals surface area contributed by atoms with Crippen LogP contribution in [-0.4, -0.2) is 19.0 Å². The molecule has 4 heteroatoms. The molecule has 1 aromatic carbocycles. The van der Waals surface area contributed by atoms with E-state index in [9.17, 15) is 9.18 Å². The summed E-state index contributed by atoms with van der Waals surface area (Å²) in [5.74, 6) is -0.311. The maximum atomic E-state index is 13.2. The predicted molar refractivity (Wildman–Crippen MR) is 56.1 cm³/mol. The molecule has 1 aliphatic heterocycles. The first kappa shape index (κ1) is 10.1. The van der Waals surface area contributed by atoms with Gasteiger partial charge in [-0.05, 0) is 19.1 Å². The van der Waals surface area contributed by atoms with Crippen LogP contribution in [0.3, 0.4) is 0 Å². The van der Waals surface area contributed by atoms with Crippen LogP contribution in [0.25, 0.3) is 0 Å². The van der Waals surface area contributed by atoms with Gasteiger partial charge < -0.3 is 10.6 Å². The monoisotopic (exact) mass is 208 g/mol. The molecule has 3 nitrogen and oxygen atoms in total. The number of hydrogen-bond acceptors (Lipinski definition) is 2. The first-order valence-electron chi connectivity index (χ1n) is 4.95. The van der Waals surface area contributed by atoms with Crippen LogP contribution in [0.15, 0.2) is 18.2 Å². The summed E-state index contributed by atoms with van der Waals surface area (Å²) in [7, 11) is 0. The van der Waals surface area contributed by atoms with E-state index in [-0.39, 0.29) is 17.6 Å². The number of rotatable bonds is 2. The van der Waals surface area contributed by atoms with Gasteiger partial charge in [-0.25, -0.2) is 4.39 Å². The lowest BCUT2D eigenvalue weighted by molar-refractivity contribution is -0.121. The standard InChI is InChI=1S/C11H13FN2O/c1-7-9(12)3-2-4-10(7)14-11(15)8-5-13-6-8/h2-4,8,13H,5-6H2,1H3,(H,14,15). The van der Waals surface area contributed by atoms with Gasteiger partial charge in [0.25, 0.3) is 0 Å². The fraction of sp³-hybridized carbons (Fsp3) is 0.364. The Morgan fingerprint density at radius 1 is 1.53 bits per heavy atom. The lowest BCUT2D eigenvalue weighted by Crippen LogP contribution is -2.48. The van der Waals surface area contributed by atoms with Crippen molar-refractivity contribution < 1.29 is 9.18 Å². The summed E-state index contributed by atoms with van der Waals surface area (Å²) in [4.78, 5) is 11.6. The van der Waals surface area contributed by atoms with Crippen molar-refractivity contribution in [3.63, 3.8) is 0 Å². The summed E-state index contributed by atoms with van der Waals surface area (Å²) in [5.41, 5.74) is 1.05. The average molecular weight is 208 g/mol. The van der Waals surface area contributed by atoms with Gasteiger partial charge in [-0.3, -0.25) is 4.79 Å². The molecule has 1 fully saturated rings. The van der Waals surface area contributed by atoms with Crippen molar-refractivity contribution in [2.45, 2.75) is 6.92 Å². The number of carbonyl (C=O) groups is 1. The summed E-state index contributed by atoms with van der Waals surface area (Å²) in [6.45, 7) is 3.07. The number of benzene rings is 1. The lowest BCUT2D eigenvalue weighted by Gasteiger charge is -2.26. The number of anilines is 1. The normalized spacial score (nSPS) is 15.9. The van der Waals surface area contributed by atoms with Crippen molar-refractivity contribution in [3.8, 4) is 0 Å². The number of halogens is 1. The largest absolute Gasteiger partial charge is 0.325 e. The van der Waals surface area contributed by atoms with Gasteiger partial charge in [-0.2, -0.15) is 0 Å². The number of carbonyl (C=O) groups excluding carboxylic acids is 1. The van der Waals surface area contributed by atoms with Gasteiger partial charge in [0.2, 0.25) is 5.91 Å². The van der Waals surface area contributed by atoms with Crippen molar-refractivity contribution in [2.24, 2.45) is 5.92 Å². The van der Waals surface area contributed by atoms with Crippen LogP contribution in [0.5, 0.6) is 0 Å². The Bertz CT molecular complexity index is 388. The second-order valence-electron chi connectivity index (χ2n) is 3.76. The summed E-state index contributed by atoms with van der Waals surface area (Å²) in [6.07, 6.45) is 0. The van der Waals surface area contributed by atoms with Gasteiger partial charge in [-0.15, -0.1) is 0 Å². The summed E-state index contributed by atoms with van der Waals surface area (Å²) in [6, 6.07) is 4.69. The molecule has 0 bridgehead atoms. The van der Waals surface area contributed by atoms with Crippen molar-refractivity contribution in [3.05, 3.63) is 29.6 Å². The Kier molecular flexibility index (Phi) is 2.68. The van der Waals surface area contributed by atoms with E-state index >= 15 is 0 Å². The quantitative estimate of drug-likeness (QED) is 0.769. The Morgan fingerprint density at radius 2 is 2.27 bits per heavy atom. The Labute approximate surface area is 87.7 Å². The van der Waals surface area contributed by atoms with E-state index in [0.29, 0.717) is 24.3 Å². The molecule has 0 saturated carbocycles. The van der Waals surface area contributed by atoms with E-state index in [2.05, 4.69) is 10.6 Å². The molecule has 0 radical (unpaired) electrons. The minimum Gasteiger partial charge on any atom is -0.325 e. The van der Waals surface area contributed by atoms with Crippen molar-refractivity contribution >= 4 is 11.6 Å². The van der Waals surface area contributed by atoms with Gasteiger partial charge in [0.15, 0.2) is 0 Å². The molecule has 1 saturated heterocycles. The lowest BCUT2D eigenvalue weighted by atomic mass is 10.0. The summed E-state index contributed by atoms with van der Waals surface area (Å²) < 4.78 is 13.2. The van der Waals surface area contributed by atoms with E-state index < -0.39 is 0 Å². The highest BCUT2D eigenvalue weighted by atomic mass is 19.1. The smallest absolute Gasteiger partial charge is 0.230 e. The highest BCUT2D eigenvalue weighted by Gasteiger charge is 2.25. The van der Waals surface area contributed by atoms with Crippen LogP contribution in [0.1, 0.15) is 5.56 Å². The van der Waals surface area contributed by atoms with Gasteiger partial charge >= 0.3 is 0 Å². The Balaban J connectivity index is 2.09. The SMILES string of the molecule is Cc1c(F)cccc1NC(=O)C1CNC1. The molecule has 0 unspecified atom stereocenters. The van der Waals surface area contributed by atoms with E-state index in [1.54, 1.807) is 19.1 Å². The maximum absolute atomic E-state index is 13.2. The Morgan fingerprint density at radius 3 is 2.87 bits per heavy atom. The molecular weight excluding hydrogens is 195 g/mol. The molecule has 0 aliphatic carbocycles. The molecule has 1 aromatic rings. The van der Waals surface area contributed by atoms with Gasteiger partial charge in [-0.1, -0.05) is 6.07 Å². The number of hydrogen-bond donors (Lipinski definition) is 2. The molecule has 0 aromatic heterocycles. The van der Waals surface area contributed by atoms with Gasteiger partial charge in [0, 0.05) is 24.3 Å². The molecule has 2 N–H and O–H groups in total. The van der Waals surface area contributed by atoms with Crippen molar-refractivity contribution in [1.29, 1.82) is 0 Å². The predicted octanol–water partition coefficient (Wildman–Crippen LogP) is 1.29. The van der Waals surface area contributed by atoms with Crippen LogP contribution >= 0.6 is 0 Å². The minimum atomic E-state index is -0.292. The van der Waals surface area contributed by atoms with Crippen LogP contribution < -0.4 is 10.6 Å². The molecule has 0 spiro atoms. The average Bonchev–Trinajstić information content (AvgIpc) is 2.10. The fourth-order valence-corrected chi connectivity index (χ4v) is 1.45. The zero-order valence-corrected chi connectivity index (χ0v) is 8.51. The van der Waals surface area contributed by atoms with Crippen molar-refractivity contribution in [2.75, 3.05) is 18.4 Å². The molecule has 1 heterocycles. The molecule has 15 heavy (non-hydrogen) atoms. The molecule has 2 rings (SSSR count). The molecule has 1 amide bonds. The Hall–Kier alpha value is -1.42. The van der Waals surface area contributed by atoms with Crippen LogP contribution in [0.2, 0.25) is 0 Å². The summed E-state index contributed by atoms with van der Waals surface area (Å²) in [5, 5.41) is 5.75. The second-order valence-corrected chi connectivity index (χ2v) is 3.76. The fourth-order valence-electron chi connectivity index (χ4n) is 1.45. The second kappa shape index (κ2) is 3.98. The van der Waals surface area contributed by atoms with Gasteiger partial charge in [0.1, 0.15) is 5.82 Å². The molecular formula is C11H13FN2O. The number of amides is 1. The number of nitrogens with one attached hydrogen (secondary N) is 2. The molecule has 1 aliphatic rings.